The normalized spacial score (nSPS) is 11.5. The first-order valence-corrected chi connectivity index (χ1v) is 17.0. The van der Waals surface area contributed by atoms with Gasteiger partial charge in [0.2, 0.25) is 0 Å². The van der Waals surface area contributed by atoms with Gasteiger partial charge in [-0.15, -0.1) is 22.7 Å². The molecule has 7 aromatic carbocycles. The molecule has 2 heterocycles. The number of benzene rings is 7. The Bertz CT molecular complexity index is 2520. The zero-order valence-corrected chi connectivity index (χ0v) is 26.3. The molecule has 0 saturated carbocycles. The van der Waals surface area contributed by atoms with Gasteiger partial charge in [-0.25, -0.2) is 0 Å². The van der Waals surface area contributed by atoms with Gasteiger partial charge in [0, 0.05) is 40.3 Å². The topological polar surface area (TPSA) is 23.8 Å². The van der Waals surface area contributed by atoms with Gasteiger partial charge < -0.3 is 0 Å². The molecular formula is C43H25NS2. The van der Waals surface area contributed by atoms with Gasteiger partial charge in [-0.1, -0.05) is 109 Å². The van der Waals surface area contributed by atoms with Crippen LogP contribution in [0.3, 0.4) is 0 Å². The summed E-state index contributed by atoms with van der Waals surface area (Å²) < 4.78 is 5.12. The van der Waals surface area contributed by atoms with Crippen molar-refractivity contribution in [1.29, 1.82) is 5.26 Å². The zero-order chi connectivity index (χ0) is 30.6. The second kappa shape index (κ2) is 10.8. The summed E-state index contributed by atoms with van der Waals surface area (Å²) >= 11 is 3.68. The minimum absolute atomic E-state index is 0.649. The summed E-state index contributed by atoms with van der Waals surface area (Å²) in [4.78, 5) is 0. The molecule has 0 radical (unpaired) electrons. The molecule has 0 fully saturated rings. The summed E-state index contributed by atoms with van der Waals surface area (Å²) in [5.41, 5.74) is 9.70. The molecule has 0 bridgehead atoms. The molecular weight excluding hydrogens is 595 g/mol. The highest BCUT2D eigenvalue weighted by Crippen LogP contribution is 2.49. The molecule has 0 aliphatic heterocycles. The largest absolute Gasteiger partial charge is 0.192 e. The lowest BCUT2D eigenvalue weighted by atomic mass is 9.84. The summed E-state index contributed by atoms with van der Waals surface area (Å²) in [7, 11) is 0. The van der Waals surface area contributed by atoms with Crippen LogP contribution in [0.15, 0.2) is 152 Å². The van der Waals surface area contributed by atoms with Crippen molar-refractivity contribution in [2.24, 2.45) is 0 Å². The average Bonchev–Trinajstić information content (AvgIpc) is 3.70. The Morgan fingerprint density at radius 3 is 1.46 bits per heavy atom. The molecule has 0 aliphatic rings. The molecule has 0 atom stereocenters. The Morgan fingerprint density at radius 1 is 0.391 bits per heavy atom. The molecule has 46 heavy (non-hydrogen) atoms. The third kappa shape index (κ3) is 4.27. The van der Waals surface area contributed by atoms with Crippen molar-refractivity contribution < 1.29 is 0 Å². The smallest absolute Gasteiger partial charge is 0.0992 e. The van der Waals surface area contributed by atoms with Crippen LogP contribution in [-0.4, -0.2) is 0 Å². The van der Waals surface area contributed by atoms with E-state index in [1.54, 1.807) is 0 Å². The van der Waals surface area contributed by atoms with E-state index in [-0.39, 0.29) is 0 Å². The molecule has 0 N–H and O–H groups in total. The number of hydrogen-bond donors (Lipinski definition) is 0. The monoisotopic (exact) mass is 619 g/mol. The molecule has 0 aliphatic carbocycles. The van der Waals surface area contributed by atoms with E-state index in [2.05, 4.69) is 146 Å². The van der Waals surface area contributed by atoms with Gasteiger partial charge >= 0.3 is 0 Å². The minimum atomic E-state index is 0.649. The third-order valence-corrected chi connectivity index (χ3v) is 11.2. The lowest BCUT2D eigenvalue weighted by Gasteiger charge is -2.19. The second-order valence-electron chi connectivity index (χ2n) is 11.6. The van der Waals surface area contributed by atoms with Gasteiger partial charge in [0.1, 0.15) is 0 Å². The molecule has 0 amide bonds. The van der Waals surface area contributed by atoms with E-state index < -0.39 is 0 Å². The molecule has 1 nitrogen and oxygen atoms in total. The summed E-state index contributed by atoms with van der Waals surface area (Å²) in [6.45, 7) is 0. The van der Waals surface area contributed by atoms with Gasteiger partial charge in [0.25, 0.3) is 0 Å². The number of thiophene rings is 2. The SMILES string of the molecule is N#Cc1cc(-c2ccccc2)cc(-c2c(-c3cccc4sc5ccccc5c34)cccc2-c2cccc3sc4ccccc4c23)c1. The van der Waals surface area contributed by atoms with Crippen LogP contribution in [0.4, 0.5) is 0 Å². The Labute approximate surface area is 274 Å². The predicted molar refractivity (Wildman–Crippen MR) is 199 cm³/mol. The van der Waals surface area contributed by atoms with Crippen molar-refractivity contribution in [2.45, 2.75) is 0 Å². The molecule has 0 unspecified atom stereocenters. The lowest BCUT2D eigenvalue weighted by Crippen LogP contribution is -1.93. The molecule has 214 valence electrons. The summed E-state index contributed by atoms with van der Waals surface area (Å²) in [6, 6.07) is 56.6. The second-order valence-corrected chi connectivity index (χ2v) is 13.7. The number of nitrogens with zero attached hydrogens (tertiary/aromatic N) is 1. The Balaban J connectivity index is 1.42. The van der Waals surface area contributed by atoms with Crippen molar-refractivity contribution in [3.63, 3.8) is 0 Å². The van der Waals surface area contributed by atoms with Crippen LogP contribution in [0.2, 0.25) is 0 Å². The fraction of sp³-hybridized carbons (Fsp3) is 0. The Morgan fingerprint density at radius 2 is 0.870 bits per heavy atom. The average molecular weight is 620 g/mol. The molecule has 3 heteroatoms. The van der Waals surface area contributed by atoms with Gasteiger partial charge in [-0.3, -0.25) is 0 Å². The Hall–Kier alpha value is -5.53. The van der Waals surface area contributed by atoms with E-state index >= 15 is 0 Å². The fourth-order valence-corrected chi connectivity index (χ4v) is 9.21. The van der Waals surface area contributed by atoms with Crippen LogP contribution in [0.5, 0.6) is 0 Å². The van der Waals surface area contributed by atoms with Crippen LogP contribution < -0.4 is 0 Å². The van der Waals surface area contributed by atoms with Crippen LogP contribution in [0.1, 0.15) is 5.56 Å². The van der Waals surface area contributed by atoms with Crippen molar-refractivity contribution in [2.75, 3.05) is 0 Å². The maximum absolute atomic E-state index is 10.3. The van der Waals surface area contributed by atoms with E-state index in [9.17, 15) is 5.26 Å². The van der Waals surface area contributed by atoms with E-state index in [1.165, 1.54) is 51.5 Å². The summed E-state index contributed by atoms with van der Waals surface area (Å²) in [6.07, 6.45) is 0. The van der Waals surface area contributed by atoms with Gasteiger partial charge in [0.15, 0.2) is 0 Å². The maximum Gasteiger partial charge on any atom is 0.0992 e. The van der Waals surface area contributed by atoms with Crippen molar-refractivity contribution >= 4 is 63.0 Å². The fourth-order valence-electron chi connectivity index (χ4n) is 6.94. The van der Waals surface area contributed by atoms with Crippen molar-refractivity contribution in [3.8, 4) is 50.6 Å². The van der Waals surface area contributed by atoms with Crippen molar-refractivity contribution in [1.82, 2.24) is 0 Å². The van der Waals surface area contributed by atoms with Gasteiger partial charge in [0.05, 0.1) is 11.6 Å². The number of rotatable bonds is 4. The third-order valence-electron chi connectivity index (χ3n) is 8.91. The van der Waals surface area contributed by atoms with Crippen LogP contribution in [0.25, 0.3) is 84.9 Å². The van der Waals surface area contributed by atoms with Crippen LogP contribution in [-0.2, 0) is 0 Å². The van der Waals surface area contributed by atoms with Gasteiger partial charge in [-0.2, -0.15) is 5.26 Å². The molecule has 2 aromatic heterocycles. The number of hydrogen-bond acceptors (Lipinski definition) is 3. The molecule has 9 rings (SSSR count). The quantitative estimate of drug-likeness (QED) is 0.192. The first-order valence-electron chi connectivity index (χ1n) is 15.3. The highest BCUT2D eigenvalue weighted by Gasteiger charge is 2.21. The first-order chi connectivity index (χ1) is 22.8. The van der Waals surface area contributed by atoms with E-state index in [1.807, 2.05) is 34.8 Å². The maximum atomic E-state index is 10.3. The van der Waals surface area contributed by atoms with Gasteiger partial charge in [-0.05, 0) is 87.0 Å². The summed E-state index contributed by atoms with van der Waals surface area (Å²) in [5.74, 6) is 0. The van der Waals surface area contributed by atoms with Crippen LogP contribution in [0, 0.1) is 11.3 Å². The van der Waals surface area contributed by atoms with E-state index in [0.717, 1.165) is 33.4 Å². The zero-order valence-electron chi connectivity index (χ0n) is 24.7. The highest BCUT2D eigenvalue weighted by molar-refractivity contribution is 7.26. The summed E-state index contributed by atoms with van der Waals surface area (Å²) in [5, 5.41) is 15.4. The predicted octanol–water partition coefficient (Wildman–Crippen LogP) is 13.0. The molecule has 0 spiro atoms. The molecule has 9 aromatic rings. The highest BCUT2D eigenvalue weighted by atomic mass is 32.1. The van der Waals surface area contributed by atoms with E-state index in [0.29, 0.717) is 5.56 Å². The first kappa shape index (κ1) is 26.8. The lowest BCUT2D eigenvalue weighted by molar-refractivity contribution is 1.48. The van der Waals surface area contributed by atoms with E-state index in [4.69, 9.17) is 0 Å². The Kier molecular flexibility index (Phi) is 6.31. The number of fused-ring (bicyclic) bond motifs is 6. The van der Waals surface area contributed by atoms with Crippen molar-refractivity contribution in [3.05, 3.63) is 157 Å². The number of nitriles is 1. The molecule has 0 saturated heterocycles. The standard InChI is InChI=1S/C43H25NS2/c44-26-27-23-29(28-11-2-1-3-12-28)25-30(24-27)41-31(33-17-9-21-39-42(33)35-13-4-6-19-37(35)45-39)15-8-16-32(41)34-18-10-22-40-43(34)36-14-5-7-20-38(36)46-40/h1-25H. The van der Waals surface area contributed by atoms with Crippen LogP contribution >= 0.6 is 22.7 Å². The minimum Gasteiger partial charge on any atom is -0.192 e.